The Labute approximate surface area is 179 Å². The predicted octanol–water partition coefficient (Wildman–Crippen LogP) is 2.91. The number of carbonyl (C=O) groups is 3. The summed E-state index contributed by atoms with van der Waals surface area (Å²) in [6.45, 7) is 3.88. The molecule has 3 amide bonds. The first-order valence-corrected chi connectivity index (χ1v) is 10.0. The van der Waals surface area contributed by atoms with Crippen LogP contribution in [0.25, 0.3) is 0 Å². The van der Waals surface area contributed by atoms with E-state index < -0.39 is 18.0 Å². The number of nitrogens with zero attached hydrogens (tertiary/aromatic N) is 1. The minimum atomic E-state index is -0.712. The molecule has 0 spiro atoms. The fourth-order valence-corrected chi connectivity index (χ4v) is 3.76. The highest BCUT2D eigenvalue weighted by Gasteiger charge is 2.43. The van der Waals surface area contributed by atoms with Crippen LogP contribution in [0, 0.1) is 6.92 Å². The normalized spacial score (nSPS) is 17.7. The van der Waals surface area contributed by atoms with Gasteiger partial charge in [-0.05, 0) is 31.5 Å². The summed E-state index contributed by atoms with van der Waals surface area (Å²) in [5.41, 5.74) is 2.95. The third-order valence-corrected chi connectivity index (χ3v) is 5.25. The van der Waals surface area contributed by atoms with Crippen LogP contribution < -0.4 is 15.4 Å². The molecule has 8 nitrogen and oxygen atoms in total. The van der Waals surface area contributed by atoms with Crippen LogP contribution in [-0.2, 0) is 14.3 Å². The number of benzene rings is 2. The summed E-state index contributed by atoms with van der Waals surface area (Å²) in [6.07, 6.45) is 0. The summed E-state index contributed by atoms with van der Waals surface area (Å²) >= 11 is 0. The summed E-state index contributed by atoms with van der Waals surface area (Å²) < 4.78 is 10.9. The van der Waals surface area contributed by atoms with E-state index in [0.717, 1.165) is 5.56 Å². The second kappa shape index (κ2) is 8.51. The van der Waals surface area contributed by atoms with E-state index in [1.807, 2.05) is 44.2 Å². The van der Waals surface area contributed by atoms with Gasteiger partial charge in [0, 0.05) is 11.3 Å². The molecule has 8 heteroatoms. The number of cyclic esters (lactones) is 1. The van der Waals surface area contributed by atoms with Crippen molar-refractivity contribution in [3.63, 3.8) is 0 Å². The maximum atomic E-state index is 12.9. The van der Waals surface area contributed by atoms with Crippen LogP contribution in [0.3, 0.4) is 0 Å². The topological polar surface area (TPSA) is 97.0 Å². The van der Waals surface area contributed by atoms with Crippen LogP contribution in [0.5, 0.6) is 5.75 Å². The maximum absolute atomic E-state index is 12.9. The van der Waals surface area contributed by atoms with Gasteiger partial charge in [-0.1, -0.05) is 36.4 Å². The van der Waals surface area contributed by atoms with Crippen molar-refractivity contribution < 1.29 is 23.9 Å². The Morgan fingerprint density at radius 1 is 1.19 bits per heavy atom. The van der Waals surface area contributed by atoms with Gasteiger partial charge in [0.15, 0.2) is 0 Å². The number of amides is 3. The van der Waals surface area contributed by atoms with E-state index in [1.54, 1.807) is 18.2 Å². The van der Waals surface area contributed by atoms with Crippen molar-refractivity contribution in [3.05, 3.63) is 70.9 Å². The molecule has 0 aromatic heterocycles. The molecule has 31 heavy (non-hydrogen) atoms. The molecule has 2 aromatic carbocycles. The molecule has 0 saturated heterocycles. The van der Waals surface area contributed by atoms with Crippen LogP contribution in [0.2, 0.25) is 0 Å². The smallest absolute Gasteiger partial charge is 0.338 e. The first-order valence-electron chi connectivity index (χ1n) is 10.0. The van der Waals surface area contributed by atoms with Crippen LogP contribution in [-0.4, -0.2) is 42.6 Å². The highest BCUT2D eigenvalue weighted by atomic mass is 16.5. The number of para-hydroxylation sites is 2. The molecule has 0 saturated carbocycles. The molecule has 0 unspecified atom stereocenters. The van der Waals surface area contributed by atoms with Crippen LogP contribution in [0.15, 0.2) is 59.8 Å². The van der Waals surface area contributed by atoms with Gasteiger partial charge in [0.1, 0.15) is 18.9 Å². The van der Waals surface area contributed by atoms with Gasteiger partial charge >= 0.3 is 12.0 Å². The van der Waals surface area contributed by atoms with Gasteiger partial charge in [0.2, 0.25) is 5.91 Å². The van der Waals surface area contributed by atoms with E-state index in [9.17, 15) is 14.4 Å². The van der Waals surface area contributed by atoms with Crippen molar-refractivity contribution in [2.75, 3.05) is 25.1 Å². The molecule has 0 bridgehead atoms. The first kappa shape index (κ1) is 20.5. The van der Waals surface area contributed by atoms with Gasteiger partial charge in [-0.25, -0.2) is 9.59 Å². The minimum absolute atomic E-state index is 0.0630. The Kier molecular flexibility index (Phi) is 5.62. The number of carbonyl (C=O) groups excluding carboxylic acids is 3. The highest BCUT2D eigenvalue weighted by molar-refractivity contribution is 6.00. The van der Waals surface area contributed by atoms with Gasteiger partial charge in [-0.2, -0.15) is 0 Å². The number of ether oxygens (including phenoxy) is 2. The average molecular weight is 421 g/mol. The first-order chi connectivity index (χ1) is 15.0. The number of esters is 1. The number of rotatable bonds is 6. The SMILES string of the molecule is CCOc1ccccc1[C@H]1NC(=O)N(CC(=O)Nc2ccccc2C)C2=C1C(=O)OC2. The average Bonchev–Trinajstić information content (AvgIpc) is 3.14. The zero-order valence-electron chi connectivity index (χ0n) is 17.3. The Morgan fingerprint density at radius 3 is 2.71 bits per heavy atom. The van der Waals surface area contributed by atoms with E-state index in [-0.39, 0.29) is 19.1 Å². The molecule has 2 aromatic rings. The second-order valence-electron chi connectivity index (χ2n) is 7.24. The van der Waals surface area contributed by atoms with Crippen molar-refractivity contribution in [1.82, 2.24) is 10.2 Å². The Morgan fingerprint density at radius 2 is 1.94 bits per heavy atom. The molecule has 0 aliphatic carbocycles. The molecule has 2 heterocycles. The summed E-state index contributed by atoms with van der Waals surface area (Å²) in [5, 5.41) is 5.64. The number of hydrogen-bond donors (Lipinski definition) is 2. The number of hydrogen-bond acceptors (Lipinski definition) is 5. The van der Waals surface area contributed by atoms with Gasteiger partial charge in [-0.15, -0.1) is 0 Å². The number of aryl methyl sites for hydroxylation is 1. The maximum Gasteiger partial charge on any atom is 0.338 e. The fourth-order valence-electron chi connectivity index (χ4n) is 3.76. The predicted molar refractivity (Wildman–Crippen MR) is 113 cm³/mol. The van der Waals surface area contributed by atoms with Crippen molar-refractivity contribution in [2.45, 2.75) is 19.9 Å². The second-order valence-corrected chi connectivity index (χ2v) is 7.24. The summed E-state index contributed by atoms with van der Waals surface area (Å²) in [5.74, 6) is -0.313. The van der Waals surface area contributed by atoms with Crippen LogP contribution in [0.4, 0.5) is 10.5 Å². The molecule has 4 rings (SSSR count). The molecule has 2 N–H and O–H groups in total. The van der Waals surface area contributed by atoms with Gasteiger partial charge in [-0.3, -0.25) is 9.69 Å². The minimum Gasteiger partial charge on any atom is -0.494 e. The van der Waals surface area contributed by atoms with Crippen LogP contribution in [0.1, 0.15) is 24.1 Å². The van der Waals surface area contributed by atoms with Crippen molar-refractivity contribution >= 4 is 23.6 Å². The van der Waals surface area contributed by atoms with E-state index in [2.05, 4.69) is 10.6 Å². The van der Waals surface area contributed by atoms with Crippen LogP contribution >= 0.6 is 0 Å². The molecule has 0 fully saturated rings. The third-order valence-electron chi connectivity index (χ3n) is 5.25. The van der Waals surface area contributed by atoms with Gasteiger partial charge < -0.3 is 20.1 Å². The van der Waals surface area contributed by atoms with E-state index in [0.29, 0.717) is 34.9 Å². The Balaban J connectivity index is 1.63. The zero-order valence-corrected chi connectivity index (χ0v) is 17.3. The fraction of sp³-hybridized carbons (Fsp3) is 0.261. The summed E-state index contributed by atoms with van der Waals surface area (Å²) in [4.78, 5) is 39.4. The highest BCUT2D eigenvalue weighted by Crippen LogP contribution is 2.38. The lowest BCUT2D eigenvalue weighted by atomic mass is 9.95. The van der Waals surface area contributed by atoms with Crippen molar-refractivity contribution in [2.24, 2.45) is 0 Å². The standard InChI is InChI=1S/C23H23N3O5/c1-3-30-18-11-7-5-9-15(18)21-20-17(13-31-22(20)28)26(23(29)25-21)12-19(27)24-16-10-6-4-8-14(16)2/h4-11,21H,3,12-13H2,1-2H3,(H,24,27)(H,25,29)/t21-/m1/s1. The molecule has 2 aliphatic rings. The quantitative estimate of drug-likeness (QED) is 0.699. The molecule has 0 radical (unpaired) electrons. The molecule has 160 valence electrons. The number of nitrogens with one attached hydrogen (secondary N) is 2. The van der Waals surface area contributed by atoms with Gasteiger partial charge in [0.05, 0.1) is 23.9 Å². The zero-order chi connectivity index (χ0) is 22.0. The largest absolute Gasteiger partial charge is 0.494 e. The molecule has 1 atom stereocenters. The number of anilines is 1. The van der Waals surface area contributed by atoms with Crippen molar-refractivity contribution in [1.29, 1.82) is 0 Å². The Bertz CT molecular complexity index is 1080. The molecular weight excluding hydrogens is 398 g/mol. The lowest BCUT2D eigenvalue weighted by molar-refractivity contribution is -0.136. The van der Waals surface area contributed by atoms with Crippen molar-refractivity contribution in [3.8, 4) is 5.75 Å². The molecule has 2 aliphatic heterocycles. The van der Waals surface area contributed by atoms with E-state index in [1.165, 1.54) is 4.90 Å². The number of urea groups is 1. The van der Waals surface area contributed by atoms with E-state index in [4.69, 9.17) is 9.47 Å². The lowest BCUT2D eigenvalue weighted by Crippen LogP contribution is -2.49. The molecular formula is C23H23N3O5. The lowest BCUT2D eigenvalue weighted by Gasteiger charge is -2.33. The van der Waals surface area contributed by atoms with E-state index >= 15 is 0 Å². The monoisotopic (exact) mass is 421 g/mol. The third kappa shape index (κ3) is 3.96. The summed E-state index contributed by atoms with van der Waals surface area (Å²) in [7, 11) is 0. The Hall–Kier alpha value is -3.81. The summed E-state index contributed by atoms with van der Waals surface area (Å²) in [6, 6.07) is 13.4. The van der Waals surface area contributed by atoms with Gasteiger partial charge in [0.25, 0.3) is 0 Å².